The monoisotopic (exact) mass is 225 g/mol. The number of halogens is 1. The van der Waals surface area contributed by atoms with Gasteiger partial charge < -0.3 is 16.2 Å². The highest BCUT2D eigenvalue weighted by atomic mass is 35.5. The molecule has 1 aliphatic rings. The molecule has 0 spiro atoms. The van der Waals surface area contributed by atoms with Gasteiger partial charge in [0.15, 0.2) is 5.96 Å². The molecular weight excluding hydrogens is 214 g/mol. The fourth-order valence-electron chi connectivity index (χ4n) is 1.18. The maximum Gasteiger partial charge on any atom is 0.193 e. The second kappa shape index (κ2) is 3.98. The second-order valence-electron chi connectivity index (χ2n) is 3.53. The molecule has 2 rings (SSSR count). The van der Waals surface area contributed by atoms with Crippen LogP contribution in [0.5, 0.6) is 5.75 Å². The summed E-state index contributed by atoms with van der Waals surface area (Å²) in [5.74, 6) is 0.494. The van der Waals surface area contributed by atoms with Gasteiger partial charge in [-0.2, -0.15) is 0 Å². The van der Waals surface area contributed by atoms with E-state index in [0.717, 1.165) is 12.8 Å². The molecule has 0 saturated heterocycles. The van der Waals surface area contributed by atoms with Gasteiger partial charge in [-0.15, -0.1) is 0 Å². The number of nitrogens with two attached hydrogens (primary N) is 1. The number of aromatic hydroxyl groups is 1. The molecule has 1 fully saturated rings. The van der Waals surface area contributed by atoms with Crippen molar-refractivity contribution in [3.8, 4) is 5.75 Å². The van der Waals surface area contributed by atoms with Gasteiger partial charge in [-0.05, 0) is 25.0 Å². The average Bonchev–Trinajstić information content (AvgIpc) is 2.94. The topological polar surface area (TPSA) is 70.6 Å². The minimum atomic E-state index is 0.128. The van der Waals surface area contributed by atoms with Gasteiger partial charge in [-0.3, -0.25) is 0 Å². The molecule has 1 saturated carbocycles. The molecule has 0 amide bonds. The number of aliphatic imine (C=N–C) groups is 1. The van der Waals surface area contributed by atoms with Crippen molar-refractivity contribution in [2.45, 2.75) is 18.9 Å². The molecular formula is C10H12ClN3O. The number of phenols is 1. The minimum Gasteiger partial charge on any atom is -0.508 e. The molecule has 0 atom stereocenters. The van der Waals surface area contributed by atoms with Crippen LogP contribution in [0.4, 0.5) is 5.69 Å². The lowest BCUT2D eigenvalue weighted by Gasteiger charge is -2.07. The molecule has 0 bridgehead atoms. The Morgan fingerprint density at radius 2 is 2.27 bits per heavy atom. The van der Waals surface area contributed by atoms with Crippen LogP contribution in [0, 0.1) is 0 Å². The Bertz CT molecular complexity index is 402. The molecule has 4 N–H and O–H groups in total. The third-order valence-corrected chi connectivity index (χ3v) is 2.40. The van der Waals surface area contributed by atoms with Gasteiger partial charge in [-0.25, -0.2) is 4.99 Å². The van der Waals surface area contributed by atoms with Crippen molar-refractivity contribution in [1.29, 1.82) is 0 Å². The summed E-state index contributed by atoms with van der Waals surface area (Å²) in [4.78, 5) is 4.21. The maximum absolute atomic E-state index is 9.15. The summed E-state index contributed by atoms with van der Waals surface area (Å²) in [6, 6.07) is 5.02. The molecule has 80 valence electrons. The van der Waals surface area contributed by atoms with E-state index >= 15 is 0 Å². The first-order valence-electron chi connectivity index (χ1n) is 4.74. The minimum absolute atomic E-state index is 0.128. The Labute approximate surface area is 92.8 Å². The predicted octanol–water partition coefficient (Wildman–Crippen LogP) is 1.93. The summed E-state index contributed by atoms with van der Waals surface area (Å²) in [6.07, 6.45) is 2.21. The van der Waals surface area contributed by atoms with Crippen LogP contribution in [0.1, 0.15) is 12.8 Å². The molecule has 0 aliphatic heterocycles. The van der Waals surface area contributed by atoms with Crippen LogP contribution >= 0.6 is 11.6 Å². The Hall–Kier alpha value is -1.42. The van der Waals surface area contributed by atoms with Crippen molar-refractivity contribution < 1.29 is 5.11 Å². The van der Waals surface area contributed by atoms with Crippen molar-refractivity contribution in [2.24, 2.45) is 10.7 Å². The van der Waals surface area contributed by atoms with E-state index < -0.39 is 0 Å². The van der Waals surface area contributed by atoms with Crippen molar-refractivity contribution >= 4 is 23.2 Å². The number of nitrogens with zero attached hydrogens (tertiary/aromatic N) is 1. The number of phenolic OH excluding ortho intramolecular Hbond substituents is 1. The fourth-order valence-corrected chi connectivity index (χ4v) is 1.40. The van der Waals surface area contributed by atoms with E-state index in [2.05, 4.69) is 10.3 Å². The number of benzene rings is 1. The van der Waals surface area contributed by atoms with Crippen molar-refractivity contribution in [2.75, 3.05) is 5.32 Å². The van der Waals surface area contributed by atoms with E-state index in [1.165, 1.54) is 6.07 Å². The van der Waals surface area contributed by atoms with Gasteiger partial charge in [-0.1, -0.05) is 11.6 Å². The number of nitrogens with one attached hydrogen (secondary N) is 1. The number of anilines is 1. The normalized spacial score (nSPS) is 16.5. The van der Waals surface area contributed by atoms with Crippen LogP contribution in [0.2, 0.25) is 5.02 Å². The van der Waals surface area contributed by atoms with E-state index in [9.17, 15) is 0 Å². The summed E-state index contributed by atoms with van der Waals surface area (Å²) in [6.45, 7) is 0. The van der Waals surface area contributed by atoms with Crippen molar-refractivity contribution in [3.63, 3.8) is 0 Å². The molecule has 4 nitrogen and oxygen atoms in total. The molecule has 1 aliphatic carbocycles. The van der Waals surface area contributed by atoms with Crippen LogP contribution in [0.3, 0.4) is 0 Å². The van der Waals surface area contributed by atoms with Gasteiger partial charge in [0.25, 0.3) is 0 Å². The lowest BCUT2D eigenvalue weighted by atomic mass is 10.3. The summed E-state index contributed by atoms with van der Waals surface area (Å²) in [7, 11) is 0. The molecule has 5 heteroatoms. The number of hydrogen-bond donors (Lipinski definition) is 3. The molecule has 15 heavy (non-hydrogen) atoms. The van der Waals surface area contributed by atoms with E-state index in [-0.39, 0.29) is 5.75 Å². The molecule has 0 unspecified atom stereocenters. The third kappa shape index (κ3) is 2.76. The largest absolute Gasteiger partial charge is 0.508 e. The highest BCUT2D eigenvalue weighted by Gasteiger charge is 2.20. The Morgan fingerprint density at radius 3 is 2.87 bits per heavy atom. The number of guanidine groups is 1. The molecule has 0 aromatic heterocycles. The highest BCUT2D eigenvalue weighted by Crippen LogP contribution is 2.26. The zero-order valence-corrected chi connectivity index (χ0v) is 8.83. The quantitative estimate of drug-likeness (QED) is 0.409. The maximum atomic E-state index is 9.15. The van der Waals surface area contributed by atoms with E-state index in [1.54, 1.807) is 12.1 Å². The fraction of sp³-hybridized carbons (Fsp3) is 0.300. The van der Waals surface area contributed by atoms with E-state index in [1.807, 2.05) is 0 Å². The predicted molar refractivity (Wildman–Crippen MR) is 61.4 cm³/mol. The lowest BCUT2D eigenvalue weighted by molar-refractivity contribution is 0.475. The first-order chi connectivity index (χ1) is 7.15. The SMILES string of the molecule is NC(=NC1CC1)Nc1ccc(O)cc1Cl. The second-order valence-corrected chi connectivity index (χ2v) is 3.94. The van der Waals surface area contributed by atoms with Gasteiger partial charge in [0.05, 0.1) is 16.8 Å². The molecule has 1 aromatic carbocycles. The Kier molecular flexibility index (Phi) is 2.68. The van der Waals surface area contributed by atoms with Gasteiger partial charge >= 0.3 is 0 Å². The third-order valence-electron chi connectivity index (χ3n) is 2.08. The van der Waals surface area contributed by atoms with Crippen LogP contribution in [-0.2, 0) is 0 Å². The standard InChI is InChI=1S/C10H12ClN3O/c11-8-5-7(15)3-4-9(8)14-10(12)13-6-1-2-6/h3-6,15H,1-2H2,(H3,12,13,14). The first kappa shape index (κ1) is 10.1. The zero-order chi connectivity index (χ0) is 10.8. The smallest absolute Gasteiger partial charge is 0.193 e. The Balaban J connectivity index is 2.09. The van der Waals surface area contributed by atoms with Gasteiger partial charge in [0.2, 0.25) is 0 Å². The summed E-state index contributed by atoms with van der Waals surface area (Å²) in [5.41, 5.74) is 6.32. The van der Waals surface area contributed by atoms with Crippen LogP contribution in [-0.4, -0.2) is 17.1 Å². The highest BCUT2D eigenvalue weighted by molar-refractivity contribution is 6.33. The average molecular weight is 226 g/mol. The molecule has 0 radical (unpaired) electrons. The van der Waals surface area contributed by atoms with Crippen LogP contribution < -0.4 is 11.1 Å². The van der Waals surface area contributed by atoms with Crippen LogP contribution in [0.25, 0.3) is 0 Å². The molecule has 1 aromatic rings. The summed E-state index contributed by atoms with van der Waals surface area (Å²) in [5, 5.41) is 12.5. The zero-order valence-electron chi connectivity index (χ0n) is 8.07. The Morgan fingerprint density at radius 1 is 1.53 bits per heavy atom. The number of hydrogen-bond acceptors (Lipinski definition) is 2. The first-order valence-corrected chi connectivity index (χ1v) is 5.12. The van der Waals surface area contributed by atoms with E-state index in [0.29, 0.717) is 22.7 Å². The summed E-state index contributed by atoms with van der Waals surface area (Å²) >= 11 is 5.89. The van der Waals surface area contributed by atoms with Crippen LogP contribution in [0.15, 0.2) is 23.2 Å². The lowest BCUT2D eigenvalue weighted by Crippen LogP contribution is -2.23. The van der Waals surface area contributed by atoms with Gasteiger partial charge in [0, 0.05) is 6.07 Å². The van der Waals surface area contributed by atoms with E-state index in [4.69, 9.17) is 22.4 Å². The summed E-state index contributed by atoms with van der Waals surface area (Å²) < 4.78 is 0. The number of rotatable bonds is 2. The molecule has 0 heterocycles. The van der Waals surface area contributed by atoms with Crippen molar-refractivity contribution in [1.82, 2.24) is 0 Å². The van der Waals surface area contributed by atoms with Gasteiger partial charge in [0.1, 0.15) is 5.75 Å². The van der Waals surface area contributed by atoms with Crippen molar-refractivity contribution in [3.05, 3.63) is 23.2 Å².